The second-order valence-electron chi connectivity index (χ2n) is 11.7. The molecule has 1 fully saturated rings. The van der Waals surface area contributed by atoms with Crippen LogP contribution in [0.1, 0.15) is 60.4 Å². The molecule has 0 amide bonds. The molecule has 0 saturated carbocycles. The Kier molecular flexibility index (Phi) is 8.87. The highest BCUT2D eigenvalue weighted by Crippen LogP contribution is 2.40. The molecule has 2 aliphatic rings. The minimum absolute atomic E-state index is 0.141. The first-order valence-electron chi connectivity index (χ1n) is 15.4. The number of piperidine rings is 1. The van der Waals surface area contributed by atoms with Crippen molar-refractivity contribution >= 4 is 0 Å². The van der Waals surface area contributed by atoms with Crippen molar-refractivity contribution in [2.24, 2.45) is 0 Å². The van der Waals surface area contributed by atoms with Gasteiger partial charge >= 0.3 is 0 Å². The van der Waals surface area contributed by atoms with Crippen molar-refractivity contribution in [1.29, 1.82) is 0 Å². The highest BCUT2D eigenvalue weighted by Gasteiger charge is 2.38. The van der Waals surface area contributed by atoms with Gasteiger partial charge in [-0.1, -0.05) is 67.1 Å². The van der Waals surface area contributed by atoms with Crippen molar-refractivity contribution in [2.45, 2.75) is 69.7 Å². The Morgan fingerprint density at radius 1 is 0.857 bits per heavy atom. The Morgan fingerprint density at radius 3 is 2.40 bits per heavy atom. The van der Waals surface area contributed by atoms with Gasteiger partial charge in [0.15, 0.2) is 0 Å². The zero-order valence-electron chi connectivity index (χ0n) is 24.5. The van der Waals surface area contributed by atoms with E-state index >= 15 is 0 Å². The van der Waals surface area contributed by atoms with Crippen LogP contribution in [0.2, 0.25) is 0 Å². The zero-order chi connectivity index (χ0) is 28.8. The summed E-state index contributed by atoms with van der Waals surface area (Å²) in [6, 6.07) is 32.6. The molecule has 4 aromatic carbocycles. The maximum Gasteiger partial charge on any atom is 0.123 e. The van der Waals surface area contributed by atoms with Gasteiger partial charge in [0.05, 0.1) is 5.54 Å². The van der Waals surface area contributed by atoms with E-state index in [1.165, 1.54) is 36.0 Å². The summed E-state index contributed by atoms with van der Waals surface area (Å²) in [6.07, 6.45) is 6.46. The lowest BCUT2D eigenvalue weighted by atomic mass is 9.74. The number of hydrogen-bond donors (Lipinski definition) is 2. The maximum absolute atomic E-state index is 14.0. The first-order valence-corrected chi connectivity index (χ1v) is 15.4. The summed E-state index contributed by atoms with van der Waals surface area (Å²) in [4.78, 5) is 0. The lowest BCUT2D eigenvalue weighted by molar-refractivity contribution is 0.152. The summed E-state index contributed by atoms with van der Waals surface area (Å²) in [7, 11) is 0. The second kappa shape index (κ2) is 13.1. The normalized spacial score (nSPS) is 20.9. The lowest BCUT2D eigenvalue weighted by Gasteiger charge is -2.41. The molecule has 1 saturated heterocycles. The van der Waals surface area contributed by atoms with Gasteiger partial charge < -0.3 is 20.1 Å². The first-order chi connectivity index (χ1) is 20.6. The van der Waals surface area contributed by atoms with Crippen molar-refractivity contribution in [2.75, 3.05) is 13.1 Å². The Morgan fingerprint density at radius 2 is 1.64 bits per heavy atom. The number of fused-ring (bicyclic) bond motifs is 1. The standard InChI is InChI=1S/C37H41FN2O2/c1-27(36-9-5-6-23-39-36)42-33-16-10-28(11-17-33)20-22-37(31-12-14-32(38)15-13-31)35-19-18-34(25-30(35)21-24-40-37)41-26-29-7-3-2-4-8-29/h2-4,7-8,10-19,25,27,36,39-40H,5-6,9,20-24,26H2,1H3. The van der Waals surface area contributed by atoms with Gasteiger partial charge in [0.1, 0.15) is 30.0 Å². The lowest BCUT2D eigenvalue weighted by Crippen LogP contribution is -2.48. The highest BCUT2D eigenvalue weighted by molar-refractivity contribution is 5.48. The molecule has 2 heterocycles. The van der Waals surface area contributed by atoms with Crippen LogP contribution in [0, 0.1) is 5.82 Å². The number of nitrogens with one attached hydrogen (secondary N) is 2. The van der Waals surface area contributed by atoms with Crippen molar-refractivity contribution in [3.63, 3.8) is 0 Å². The average Bonchev–Trinajstić information content (AvgIpc) is 3.04. The molecule has 3 unspecified atom stereocenters. The Hall–Kier alpha value is -3.67. The molecule has 6 rings (SSSR count). The van der Waals surface area contributed by atoms with E-state index in [0.717, 1.165) is 55.0 Å². The predicted octanol–water partition coefficient (Wildman–Crippen LogP) is 7.34. The molecule has 4 nitrogen and oxygen atoms in total. The summed E-state index contributed by atoms with van der Waals surface area (Å²) in [5, 5.41) is 7.44. The van der Waals surface area contributed by atoms with Crippen LogP contribution in [-0.2, 0) is 25.0 Å². The quantitative estimate of drug-likeness (QED) is 0.212. The molecular weight excluding hydrogens is 523 g/mol. The van der Waals surface area contributed by atoms with E-state index < -0.39 is 5.54 Å². The van der Waals surface area contributed by atoms with Crippen molar-refractivity contribution in [3.8, 4) is 11.5 Å². The Labute approximate surface area is 249 Å². The fourth-order valence-corrected chi connectivity index (χ4v) is 6.53. The van der Waals surface area contributed by atoms with Crippen LogP contribution >= 0.6 is 0 Å². The maximum atomic E-state index is 14.0. The number of hydrogen-bond acceptors (Lipinski definition) is 4. The number of ether oxygens (including phenoxy) is 2. The molecular formula is C37H41FN2O2. The number of benzene rings is 4. The minimum Gasteiger partial charge on any atom is -0.489 e. The molecule has 0 spiro atoms. The molecule has 4 aromatic rings. The Balaban J connectivity index is 1.20. The number of rotatable bonds is 10. The molecule has 0 radical (unpaired) electrons. The van der Waals surface area contributed by atoms with Crippen LogP contribution in [0.5, 0.6) is 11.5 Å². The van der Waals surface area contributed by atoms with Gasteiger partial charge in [-0.2, -0.15) is 0 Å². The fraction of sp³-hybridized carbons (Fsp3) is 0.351. The van der Waals surface area contributed by atoms with Gasteiger partial charge in [-0.15, -0.1) is 0 Å². The third-order valence-electron chi connectivity index (χ3n) is 8.89. The Bertz CT molecular complexity index is 1440. The summed E-state index contributed by atoms with van der Waals surface area (Å²) in [5.41, 5.74) is 5.57. The van der Waals surface area contributed by atoms with Gasteiger partial charge in [-0.05, 0) is 110 Å². The van der Waals surface area contributed by atoms with Crippen LogP contribution in [0.15, 0.2) is 97.1 Å². The summed E-state index contributed by atoms with van der Waals surface area (Å²) in [6.45, 7) is 4.61. The summed E-state index contributed by atoms with van der Waals surface area (Å²) < 4.78 is 26.5. The van der Waals surface area contributed by atoms with Crippen LogP contribution in [0.25, 0.3) is 0 Å². The molecule has 3 atom stereocenters. The average molecular weight is 565 g/mol. The van der Waals surface area contributed by atoms with Crippen molar-refractivity contribution < 1.29 is 13.9 Å². The SMILES string of the molecule is CC(Oc1ccc(CCC2(c3ccc(F)cc3)NCCc3cc(OCc4ccccc4)ccc32)cc1)C1CCCCN1. The van der Waals surface area contributed by atoms with E-state index in [4.69, 9.17) is 9.47 Å². The molecule has 2 N–H and O–H groups in total. The van der Waals surface area contributed by atoms with Crippen LogP contribution < -0.4 is 20.1 Å². The molecule has 0 bridgehead atoms. The third kappa shape index (κ3) is 6.53. The topological polar surface area (TPSA) is 42.5 Å². The third-order valence-corrected chi connectivity index (χ3v) is 8.89. The van der Waals surface area contributed by atoms with E-state index in [9.17, 15) is 4.39 Å². The highest BCUT2D eigenvalue weighted by atomic mass is 19.1. The molecule has 2 aliphatic heterocycles. The zero-order valence-corrected chi connectivity index (χ0v) is 24.5. The molecule has 0 aromatic heterocycles. The molecule has 218 valence electrons. The molecule has 0 aliphatic carbocycles. The van der Waals surface area contributed by atoms with E-state index in [-0.39, 0.29) is 11.9 Å². The van der Waals surface area contributed by atoms with E-state index in [1.54, 1.807) is 12.1 Å². The predicted molar refractivity (Wildman–Crippen MR) is 167 cm³/mol. The smallest absolute Gasteiger partial charge is 0.123 e. The fourth-order valence-electron chi connectivity index (χ4n) is 6.53. The van der Waals surface area contributed by atoms with Gasteiger partial charge in [0.2, 0.25) is 0 Å². The second-order valence-corrected chi connectivity index (χ2v) is 11.7. The van der Waals surface area contributed by atoms with E-state index in [0.29, 0.717) is 12.6 Å². The largest absolute Gasteiger partial charge is 0.489 e. The van der Waals surface area contributed by atoms with Crippen molar-refractivity contribution in [3.05, 3.63) is 131 Å². The first kappa shape index (κ1) is 28.4. The van der Waals surface area contributed by atoms with E-state index in [2.05, 4.69) is 72.2 Å². The summed E-state index contributed by atoms with van der Waals surface area (Å²) >= 11 is 0. The number of aryl methyl sites for hydroxylation is 1. The molecule has 42 heavy (non-hydrogen) atoms. The van der Waals surface area contributed by atoms with Gasteiger partial charge in [0.25, 0.3) is 0 Å². The van der Waals surface area contributed by atoms with Gasteiger partial charge in [-0.25, -0.2) is 4.39 Å². The van der Waals surface area contributed by atoms with Crippen LogP contribution in [-0.4, -0.2) is 25.2 Å². The van der Waals surface area contributed by atoms with Crippen LogP contribution in [0.3, 0.4) is 0 Å². The summed E-state index contributed by atoms with van der Waals surface area (Å²) in [5.74, 6) is 1.57. The van der Waals surface area contributed by atoms with Gasteiger partial charge in [-0.3, -0.25) is 0 Å². The monoisotopic (exact) mass is 564 g/mol. The minimum atomic E-state index is -0.421. The van der Waals surface area contributed by atoms with Crippen molar-refractivity contribution in [1.82, 2.24) is 10.6 Å². The van der Waals surface area contributed by atoms with Crippen LogP contribution in [0.4, 0.5) is 4.39 Å². The van der Waals surface area contributed by atoms with E-state index in [1.807, 2.05) is 30.3 Å². The molecule has 5 heteroatoms. The van der Waals surface area contributed by atoms with Gasteiger partial charge in [0, 0.05) is 12.6 Å². The number of halogens is 1.